The average Bonchev–Trinajstić information content (AvgIpc) is 2.18. The minimum atomic E-state index is -3.27. The molecular formula is C10H15ClN2O2S. The Bertz CT molecular complexity index is 429. The Balaban J connectivity index is 0.00000225. The van der Waals surface area contributed by atoms with Crippen molar-refractivity contribution < 1.29 is 8.42 Å². The van der Waals surface area contributed by atoms with Crippen molar-refractivity contribution in [1.82, 2.24) is 4.72 Å². The highest BCUT2D eigenvalue weighted by atomic mass is 35.5. The molecule has 0 bridgehead atoms. The zero-order valence-electron chi connectivity index (χ0n) is 8.72. The number of halogens is 1. The summed E-state index contributed by atoms with van der Waals surface area (Å²) in [5.74, 6) is -0.0406. The fourth-order valence-corrected chi connectivity index (χ4v) is 2.18. The monoisotopic (exact) mass is 262 g/mol. The van der Waals surface area contributed by atoms with Gasteiger partial charge in [0.25, 0.3) is 0 Å². The summed E-state index contributed by atoms with van der Waals surface area (Å²) in [6.07, 6.45) is 1.50. The van der Waals surface area contributed by atoms with Gasteiger partial charge in [-0.15, -0.1) is 19.0 Å². The van der Waals surface area contributed by atoms with E-state index in [4.69, 9.17) is 5.73 Å². The Kier molecular flexibility index (Phi) is 6.10. The summed E-state index contributed by atoms with van der Waals surface area (Å²) in [5.41, 5.74) is 6.82. The molecule has 0 saturated heterocycles. The zero-order chi connectivity index (χ0) is 11.3. The number of sulfonamides is 1. The highest BCUT2D eigenvalue weighted by Gasteiger charge is 2.09. The van der Waals surface area contributed by atoms with E-state index in [9.17, 15) is 8.42 Å². The molecule has 4 nitrogen and oxygen atoms in total. The number of nitrogen functional groups attached to an aromatic ring is 1. The van der Waals surface area contributed by atoms with Gasteiger partial charge in [0, 0.05) is 12.2 Å². The third-order valence-corrected chi connectivity index (χ3v) is 3.10. The second-order valence-corrected chi connectivity index (χ2v) is 4.94. The lowest BCUT2D eigenvalue weighted by molar-refractivity contribution is 0.585. The third-order valence-electron chi connectivity index (χ3n) is 1.78. The second kappa shape index (κ2) is 6.52. The molecule has 0 fully saturated rings. The molecule has 0 aliphatic rings. The van der Waals surface area contributed by atoms with Crippen molar-refractivity contribution in [3.05, 3.63) is 42.5 Å². The summed E-state index contributed by atoms with van der Waals surface area (Å²) in [7, 11) is -3.27. The van der Waals surface area contributed by atoms with Gasteiger partial charge in [0.05, 0.1) is 5.75 Å². The van der Waals surface area contributed by atoms with Crippen molar-refractivity contribution in [3.8, 4) is 0 Å². The van der Waals surface area contributed by atoms with Gasteiger partial charge < -0.3 is 5.73 Å². The van der Waals surface area contributed by atoms with Crippen LogP contribution in [0.25, 0.3) is 0 Å². The molecule has 0 aromatic heterocycles. The van der Waals surface area contributed by atoms with Crippen molar-refractivity contribution in [2.45, 2.75) is 5.75 Å². The van der Waals surface area contributed by atoms with Crippen LogP contribution in [-0.2, 0) is 15.8 Å². The minimum Gasteiger partial charge on any atom is -0.399 e. The van der Waals surface area contributed by atoms with E-state index in [2.05, 4.69) is 11.3 Å². The predicted octanol–water partition coefficient (Wildman–Crippen LogP) is 1.30. The lowest BCUT2D eigenvalue weighted by Crippen LogP contribution is -2.25. The number of rotatable bonds is 5. The highest BCUT2D eigenvalue weighted by molar-refractivity contribution is 7.88. The smallest absolute Gasteiger partial charge is 0.216 e. The molecule has 0 saturated carbocycles. The van der Waals surface area contributed by atoms with Crippen molar-refractivity contribution in [2.75, 3.05) is 12.3 Å². The molecule has 1 aromatic rings. The Morgan fingerprint density at radius 2 is 1.88 bits per heavy atom. The quantitative estimate of drug-likeness (QED) is 0.621. The van der Waals surface area contributed by atoms with E-state index in [0.29, 0.717) is 11.3 Å². The Morgan fingerprint density at radius 3 is 2.38 bits per heavy atom. The molecule has 0 heterocycles. The van der Waals surface area contributed by atoms with Crippen LogP contribution in [-0.4, -0.2) is 15.0 Å². The van der Waals surface area contributed by atoms with Gasteiger partial charge in [-0.05, 0) is 17.7 Å². The highest BCUT2D eigenvalue weighted by Crippen LogP contribution is 2.08. The van der Waals surface area contributed by atoms with Gasteiger partial charge in [-0.25, -0.2) is 13.1 Å². The lowest BCUT2D eigenvalue weighted by atomic mass is 10.2. The van der Waals surface area contributed by atoms with Crippen LogP contribution in [0.15, 0.2) is 36.9 Å². The molecule has 0 atom stereocenters. The number of nitrogens with two attached hydrogens (primary N) is 1. The lowest BCUT2D eigenvalue weighted by Gasteiger charge is -2.04. The molecule has 16 heavy (non-hydrogen) atoms. The van der Waals surface area contributed by atoms with Crippen molar-refractivity contribution >= 4 is 28.1 Å². The molecule has 3 N–H and O–H groups in total. The minimum absolute atomic E-state index is 0. The van der Waals surface area contributed by atoms with E-state index in [1.165, 1.54) is 6.08 Å². The first-order chi connectivity index (χ1) is 7.03. The predicted molar refractivity (Wildman–Crippen MR) is 68.9 cm³/mol. The molecule has 6 heteroatoms. The maximum absolute atomic E-state index is 11.5. The third kappa shape index (κ3) is 5.16. The van der Waals surface area contributed by atoms with E-state index in [-0.39, 0.29) is 24.7 Å². The second-order valence-electron chi connectivity index (χ2n) is 3.14. The van der Waals surface area contributed by atoms with Crippen LogP contribution in [0.4, 0.5) is 5.69 Å². The van der Waals surface area contributed by atoms with Gasteiger partial charge in [0.2, 0.25) is 10.0 Å². The van der Waals surface area contributed by atoms with Crippen molar-refractivity contribution in [2.24, 2.45) is 0 Å². The fourth-order valence-electron chi connectivity index (χ4n) is 1.07. The molecular weight excluding hydrogens is 248 g/mol. The molecule has 0 spiro atoms. The number of hydrogen-bond donors (Lipinski definition) is 2. The van der Waals surface area contributed by atoms with Gasteiger partial charge in [-0.1, -0.05) is 18.2 Å². The van der Waals surface area contributed by atoms with Gasteiger partial charge in [0.15, 0.2) is 0 Å². The maximum Gasteiger partial charge on any atom is 0.216 e. The molecule has 1 aromatic carbocycles. The normalized spacial score (nSPS) is 10.5. The van der Waals surface area contributed by atoms with E-state index in [1.807, 2.05) is 0 Å². The van der Waals surface area contributed by atoms with Gasteiger partial charge in [-0.3, -0.25) is 0 Å². The first kappa shape index (κ1) is 15.0. The number of benzene rings is 1. The van der Waals surface area contributed by atoms with E-state index in [0.717, 1.165) is 0 Å². The van der Waals surface area contributed by atoms with Crippen molar-refractivity contribution in [3.63, 3.8) is 0 Å². The largest absolute Gasteiger partial charge is 0.399 e. The molecule has 1 rings (SSSR count). The van der Waals surface area contributed by atoms with Crippen LogP contribution in [0.5, 0.6) is 0 Å². The molecule has 0 amide bonds. The fraction of sp³-hybridized carbons (Fsp3) is 0.200. The Labute approximate surface area is 102 Å². The number of nitrogens with one attached hydrogen (secondary N) is 1. The summed E-state index contributed by atoms with van der Waals surface area (Å²) in [5, 5.41) is 0. The first-order valence-corrected chi connectivity index (χ1v) is 6.11. The van der Waals surface area contributed by atoms with Gasteiger partial charge in [0.1, 0.15) is 0 Å². The molecule has 0 aliphatic carbocycles. The van der Waals surface area contributed by atoms with Gasteiger partial charge in [-0.2, -0.15) is 0 Å². The standard InChI is InChI=1S/C10H14N2O2S.ClH/c1-2-7-12-15(13,14)8-9-3-5-10(11)6-4-9;/h2-6,12H,1,7-8,11H2;1H. The molecule has 0 radical (unpaired) electrons. The summed E-state index contributed by atoms with van der Waals surface area (Å²) in [4.78, 5) is 0. The average molecular weight is 263 g/mol. The van der Waals surface area contributed by atoms with Crippen LogP contribution in [0, 0.1) is 0 Å². The van der Waals surface area contributed by atoms with Crippen LogP contribution in [0.3, 0.4) is 0 Å². The molecule has 0 unspecified atom stereocenters. The van der Waals surface area contributed by atoms with Crippen LogP contribution in [0.2, 0.25) is 0 Å². The summed E-state index contributed by atoms with van der Waals surface area (Å²) >= 11 is 0. The topological polar surface area (TPSA) is 72.2 Å². The maximum atomic E-state index is 11.5. The summed E-state index contributed by atoms with van der Waals surface area (Å²) < 4.78 is 25.3. The summed E-state index contributed by atoms with van der Waals surface area (Å²) in [6, 6.07) is 6.75. The van der Waals surface area contributed by atoms with Crippen LogP contribution >= 0.6 is 12.4 Å². The zero-order valence-corrected chi connectivity index (χ0v) is 10.4. The van der Waals surface area contributed by atoms with E-state index < -0.39 is 10.0 Å². The Hall–Kier alpha value is -1.04. The number of hydrogen-bond acceptors (Lipinski definition) is 3. The summed E-state index contributed by atoms with van der Waals surface area (Å²) in [6.45, 7) is 3.69. The van der Waals surface area contributed by atoms with Crippen LogP contribution < -0.4 is 10.5 Å². The van der Waals surface area contributed by atoms with Gasteiger partial charge >= 0.3 is 0 Å². The SMILES string of the molecule is C=CCNS(=O)(=O)Cc1ccc(N)cc1.Cl. The number of anilines is 1. The Morgan fingerprint density at radius 1 is 1.31 bits per heavy atom. The first-order valence-electron chi connectivity index (χ1n) is 4.46. The van der Waals surface area contributed by atoms with E-state index in [1.54, 1.807) is 24.3 Å². The van der Waals surface area contributed by atoms with E-state index >= 15 is 0 Å². The van der Waals surface area contributed by atoms with Crippen LogP contribution in [0.1, 0.15) is 5.56 Å². The van der Waals surface area contributed by atoms with Crippen molar-refractivity contribution in [1.29, 1.82) is 0 Å². The molecule has 90 valence electrons. The molecule has 0 aliphatic heterocycles.